The smallest absolute Gasteiger partial charge is 0.252 e. The quantitative estimate of drug-likeness (QED) is 0.118. The van der Waals surface area contributed by atoms with E-state index in [-0.39, 0.29) is 62.2 Å². The first kappa shape index (κ1) is 96.4. The Hall–Kier alpha value is -13.7. The first-order chi connectivity index (χ1) is 67.8. The fourth-order valence-electron chi connectivity index (χ4n) is 22.4. The molecule has 144 heavy (non-hydrogen) atoms. The highest BCUT2D eigenvalue weighted by Gasteiger charge is 2.48. The van der Waals surface area contributed by atoms with E-state index in [2.05, 4.69) is 542 Å². The van der Waals surface area contributed by atoms with Crippen LogP contribution in [0.15, 0.2) is 297 Å². The summed E-state index contributed by atoms with van der Waals surface area (Å²) in [6.07, 6.45) is 0. The summed E-state index contributed by atoms with van der Waals surface area (Å²) in [5.74, 6) is 1.69. The van der Waals surface area contributed by atoms with E-state index in [4.69, 9.17) is 15.0 Å². The lowest BCUT2D eigenvalue weighted by Gasteiger charge is -2.45. The SMILES string of the molecule is Cc1cc(N(c2ccc(C(C)(C)C)cc2)c2ccc(C(C)(C)C)cc2)c2c(c1)N(c1ccc(C(C)(C)C)cc1)c1ccc(-c3nc(-c4ccc5c(c4)B4c6cc(C(C)(C)C)ccc6N(c6ccc(C(C)(C)C)cc6)c6cc(C)cc(c64)N5c4ccc(C(C)(C)C)cc4)nc(-c4ccc5c(c4)B4c6cc(C(C)(C)C)ccc6N(c6ccc(C(C)(C)C)cc6)c6cc(C)cc(c64)N5c4ccc(C(C)(C)C)cc4)n3)cc1[B]2. The second-order valence-corrected chi connectivity index (χ2v) is 50.9. The predicted molar refractivity (Wildman–Crippen MR) is 621 cm³/mol. The maximum atomic E-state index is 6.07. The molecule has 0 saturated carbocycles. The van der Waals surface area contributed by atoms with Gasteiger partial charge in [-0.15, -0.1) is 0 Å². The van der Waals surface area contributed by atoms with Gasteiger partial charge in [0.1, 0.15) is 0 Å². The van der Waals surface area contributed by atoms with Gasteiger partial charge in [-0.2, -0.15) is 0 Å². The zero-order valence-electron chi connectivity index (χ0n) is 90.5. The molecule has 21 rings (SSSR count). The van der Waals surface area contributed by atoms with Crippen molar-refractivity contribution in [1.29, 1.82) is 0 Å². The van der Waals surface area contributed by atoms with Crippen molar-refractivity contribution < 1.29 is 0 Å². The summed E-state index contributed by atoms with van der Waals surface area (Å²) in [4.78, 5) is 33.3. The molecule has 6 heterocycles. The van der Waals surface area contributed by atoms with Crippen LogP contribution in [0.1, 0.15) is 254 Å². The third-order valence-corrected chi connectivity index (χ3v) is 30.8. The van der Waals surface area contributed by atoms with Gasteiger partial charge in [-0.25, -0.2) is 15.0 Å². The lowest BCUT2D eigenvalue weighted by atomic mass is 9.33. The van der Waals surface area contributed by atoms with Gasteiger partial charge in [0, 0.05) is 119 Å². The van der Waals surface area contributed by atoms with Crippen LogP contribution in [0.25, 0.3) is 34.2 Å². The molecule has 5 aliphatic heterocycles. The lowest BCUT2D eigenvalue weighted by molar-refractivity contribution is 0.590. The minimum absolute atomic E-state index is 0.0407. The molecule has 15 aromatic carbocycles. The average molecular weight is 1880 g/mol. The number of nitrogens with zero attached hydrogens (tertiary/aromatic N) is 9. The van der Waals surface area contributed by atoms with Gasteiger partial charge in [-0.3, -0.25) is 0 Å². The van der Waals surface area contributed by atoms with Crippen LogP contribution in [-0.4, -0.2) is 35.7 Å². The van der Waals surface area contributed by atoms with E-state index in [1.165, 1.54) is 83.0 Å². The van der Waals surface area contributed by atoms with Crippen molar-refractivity contribution in [3.63, 3.8) is 0 Å². The van der Waals surface area contributed by atoms with E-state index in [1.807, 2.05) is 0 Å². The van der Waals surface area contributed by atoms with Gasteiger partial charge in [-0.1, -0.05) is 320 Å². The Balaban J connectivity index is 0.826. The van der Waals surface area contributed by atoms with Crippen LogP contribution in [0.3, 0.4) is 0 Å². The van der Waals surface area contributed by atoms with E-state index in [9.17, 15) is 0 Å². The Kier molecular flexibility index (Phi) is 22.9. The maximum absolute atomic E-state index is 6.07. The molecule has 0 saturated heterocycles. The molecule has 0 fully saturated rings. The van der Waals surface area contributed by atoms with Gasteiger partial charge in [0.15, 0.2) is 24.8 Å². The van der Waals surface area contributed by atoms with Gasteiger partial charge in [0.05, 0.1) is 0 Å². The number of aryl methyl sites for hydroxylation is 3. The number of hydrogen-bond acceptors (Lipinski definition) is 9. The molecule has 721 valence electrons. The molecule has 0 unspecified atom stereocenters. The Morgan fingerprint density at radius 1 is 0.215 bits per heavy atom. The largest absolute Gasteiger partial charge is 0.312 e. The van der Waals surface area contributed by atoms with Crippen molar-refractivity contribution in [2.24, 2.45) is 0 Å². The van der Waals surface area contributed by atoms with Gasteiger partial charge in [-0.05, 0) is 344 Å². The van der Waals surface area contributed by atoms with Crippen LogP contribution in [0.2, 0.25) is 0 Å². The molecular formula is C132H139B3N9. The fraction of sp³-hybridized carbons (Fsp3) is 0.295. The Morgan fingerprint density at radius 3 is 0.715 bits per heavy atom. The molecule has 1 radical (unpaired) electrons. The highest BCUT2D eigenvalue weighted by Crippen LogP contribution is 2.52. The Labute approximate surface area is 859 Å². The highest BCUT2D eigenvalue weighted by atomic mass is 15.2. The topological polar surface area (TPSA) is 58.1 Å². The molecule has 0 bridgehead atoms. The van der Waals surface area contributed by atoms with Crippen LogP contribution in [0, 0.1) is 20.8 Å². The molecule has 16 aromatic rings. The lowest BCUT2D eigenvalue weighted by Crippen LogP contribution is -2.61. The maximum Gasteiger partial charge on any atom is 0.252 e. The second-order valence-electron chi connectivity index (χ2n) is 50.9. The van der Waals surface area contributed by atoms with Crippen molar-refractivity contribution in [2.75, 3.05) is 29.4 Å². The third-order valence-electron chi connectivity index (χ3n) is 30.8. The van der Waals surface area contributed by atoms with Gasteiger partial charge in [0.2, 0.25) is 0 Å². The van der Waals surface area contributed by atoms with E-state index in [0.717, 1.165) is 146 Å². The molecule has 9 nitrogen and oxygen atoms in total. The molecule has 12 heteroatoms. The molecule has 5 aliphatic rings. The van der Waals surface area contributed by atoms with Crippen molar-refractivity contribution in [1.82, 2.24) is 15.0 Å². The number of fused-ring (bicyclic) bond motifs is 10. The first-order valence-corrected chi connectivity index (χ1v) is 52.1. The van der Waals surface area contributed by atoms with E-state index in [1.54, 1.807) is 0 Å². The van der Waals surface area contributed by atoms with Crippen LogP contribution in [0.5, 0.6) is 0 Å². The minimum atomic E-state index is -0.235. The van der Waals surface area contributed by atoms with Crippen molar-refractivity contribution >= 4 is 167 Å². The monoisotopic (exact) mass is 1880 g/mol. The van der Waals surface area contributed by atoms with Gasteiger partial charge in [0.25, 0.3) is 13.4 Å². The number of hydrogen-bond donors (Lipinski definition) is 0. The normalized spacial score (nSPS) is 14.0. The van der Waals surface area contributed by atoms with Gasteiger partial charge >= 0.3 is 0 Å². The molecule has 0 aliphatic carbocycles. The summed E-state index contributed by atoms with van der Waals surface area (Å²) >= 11 is 0. The van der Waals surface area contributed by atoms with Gasteiger partial charge < -0.3 is 29.4 Å². The Bertz CT molecular complexity index is 7380. The number of aromatic nitrogens is 3. The summed E-state index contributed by atoms with van der Waals surface area (Å²) in [5.41, 5.74) is 46.3. The van der Waals surface area contributed by atoms with Crippen molar-refractivity contribution in [3.05, 3.63) is 364 Å². The molecule has 0 amide bonds. The molecule has 0 atom stereocenters. The van der Waals surface area contributed by atoms with Crippen molar-refractivity contribution in [2.45, 2.75) is 256 Å². The molecular weight excluding hydrogens is 1740 g/mol. The summed E-state index contributed by atoms with van der Waals surface area (Å²) in [6, 6.07) is 116. The number of rotatable bonds is 11. The molecule has 1 aromatic heterocycles. The highest BCUT2D eigenvalue weighted by molar-refractivity contribution is 7.01. The van der Waals surface area contributed by atoms with Crippen LogP contribution in [0.4, 0.5) is 102 Å². The van der Waals surface area contributed by atoms with Crippen LogP contribution >= 0.6 is 0 Å². The summed E-state index contributed by atoms with van der Waals surface area (Å²) in [6.45, 7) is 68.8. The zero-order valence-corrected chi connectivity index (χ0v) is 90.5. The zero-order chi connectivity index (χ0) is 102. The summed E-state index contributed by atoms with van der Waals surface area (Å²) in [7, 11) is 2.44. The van der Waals surface area contributed by atoms with Crippen LogP contribution < -0.4 is 73.1 Å². The molecule has 0 N–H and O–H groups in total. The standard InChI is InChI=1S/C132H139B3N9/c1-80-69-112(139(95-50-34-86(35-51-95)124(4,5)6)96-52-36-87(37-53-96)125(7,8)9)118-113(70-80)140(97-54-38-88(39-55-97)126(10,11)12)107-64-31-83(75-102(107)133-118)121-136-122(84-32-65-108-103(76-84)134-105-78-93(131(25,26)27)48-67-110(105)143(100-60-44-91(45-61-100)129(19,20)21)116-73-81(2)71-114(119(116)134)141(108)98-56-40-89(41-57-98)127(13,14)15)138-123(137-121)85-33-66-109-104(77-85)135-106-79-94(132(28,29)30)49-68-111(106)144(101-62-46-92(47-63-101)130(22,23)24)117-74-82(3)72-115(120(117)135)142(109)99-58-42-90(43-59-99)128(16,17)18/h31-79H,1-30H3. The van der Waals surface area contributed by atoms with E-state index < -0.39 is 0 Å². The third kappa shape index (κ3) is 17.2. The fourth-order valence-corrected chi connectivity index (χ4v) is 22.4. The number of benzene rings is 15. The second kappa shape index (κ2) is 34.2. The van der Waals surface area contributed by atoms with Crippen molar-refractivity contribution in [3.8, 4) is 34.2 Å². The van der Waals surface area contributed by atoms with Crippen LogP contribution in [-0.2, 0) is 48.7 Å². The predicted octanol–water partition coefficient (Wildman–Crippen LogP) is 30.5. The average Bonchev–Trinajstić information content (AvgIpc) is 0.693. The minimum Gasteiger partial charge on any atom is -0.312 e. The Morgan fingerprint density at radius 2 is 0.438 bits per heavy atom. The summed E-state index contributed by atoms with van der Waals surface area (Å²) in [5, 5.41) is 0. The van der Waals surface area contributed by atoms with E-state index >= 15 is 0 Å². The molecule has 0 spiro atoms. The first-order valence-electron chi connectivity index (χ1n) is 52.1. The van der Waals surface area contributed by atoms with E-state index in [0.29, 0.717) is 17.5 Å². The number of anilines is 18. The summed E-state index contributed by atoms with van der Waals surface area (Å²) < 4.78 is 0.